The van der Waals surface area contributed by atoms with Gasteiger partial charge in [0.25, 0.3) is 0 Å². The number of carbonyl (C=O) groups excluding carboxylic acids is 1. The van der Waals surface area contributed by atoms with Crippen LogP contribution in [-0.4, -0.2) is 12.1 Å². The molecule has 0 aromatic heterocycles. The van der Waals surface area contributed by atoms with Gasteiger partial charge in [0, 0.05) is 12.8 Å². The molecule has 2 aromatic carbocycles. The molecular weight excluding hydrogens is 284 g/mol. The van der Waals surface area contributed by atoms with Gasteiger partial charge >= 0.3 is 5.97 Å². The maximum absolute atomic E-state index is 12.1. The number of aryl methyl sites for hydroxylation is 2. The Kier molecular flexibility index (Phi) is 7.12. The molecule has 2 aromatic rings. The summed E-state index contributed by atoms with van der Waals surface area (Å²) in [7, 11) is 0. The van der Waals surface area contributed by atoms with Gasteiger partial charge in [0.15, 0.2) is 0 Å². The summed E-state index contributed by atoms with van der Waals surface area (Å²) in [5.41, 5.74) is 2.43. The molecule has 0 fully saturated rings. The van der Waals surface area contributed by atoms with Crippen molar-refractivity contribution in [3.8, 4) is 0 Å². The topological polar surface area (TPSA) is 26.3 Å². The van der Waals surface area contributed by atoms with E-state index in [0.717, 1.165) is 24.8 Å². The minimum Gasteiger partial charge on any atom is -0.462 e. The van der Waals surface area contributed by atoms with Crippen LogP contribution in [-0.2, 0) is 22.4 Å². The van der Waals surface area contributed by atoms with Crippen molar-refractivity contribution in [3.63, 3.8) is 0 Å². The van der Waals surface area contributed by atoms with Crippen LogP contribution < -0.4 is 0 Å². The second-order valence-corrected chi connectivity index (χ2v) is 5.65. The molecule has 0 amide bonds. The molecule has 0 N–H and O–H groups in total. The zero-order valence-electron chi connectivity index (χ0n) is 13.5. The van der Waals surface area contributed by atoms with E-state index in [1.807, 2.05) is 54.6 Å². The Morgan fingerprint density at radius 2 is 1.52 bits per heavy atom. The Bertz CT molecular complexity index is 590. The first-order chi connectivity index (χ1) is 11.3. The normalized spacial score (nSPS) is 11.7. The minimum atomic E-state index is -0.131. The number of ether oxygens (including phenoxy) is 1. The number of carbonyl (C=O) groups is 1. The van der Waals surface area contributed by atoms with Gasteiger partial charge in [-0.2, -0.15) is 0 Å². The monoisotopic (exact) mass is 308 g/mol. The Morgan fingerprint density at radius 3 is 2.09 bits per heavy atom. The van der Waals surface area contributed by atoms with Crippen LogP contribution in [0.15, 0.2) is 73.3 Å². The fourth-order valence-electron chi connectivity index (χ4n) is 2.52. The molecule has 0 heterocycles. The van der Waals surface area contributed by atoms with Crippen LogP contribution in [0.1, 0.15) is 30.4 Å². The zero-order valence-corrected chi connectivity index (χ0v) is 13.5. The van der Waals surface area contributed by atoms with Crippen molar-refractivity contribution in [3.05, 3.63) is 84.4 Å². The third-order valence-electron chi connectivity index (χ3n) is 3.79. The van der Waals surface area contributed by atoms with Crippen molar-refractivity contribution in [2.75, 3.05) is 0 Å². The highest BCUT2D eigenvalue weighted by atomic mass is 16.5. The van der Waals surface area contributed by atoms with E-state index in [0.29, 0.717) is 12.8 Å². The summed E-state index contributed by atoms with van der Waals surface area (Å²) >= 11 is 0. The van der Waals surface area contributed by atoms with E-state index in [1.165, 1.54) is 5.56 Å². The zero-order chi connectivity index (χ0) is 16.3. The molecule has 0 aliphatic carbocycles. The standard InChI is InChI=1S/C21H24O2/c1-2-9-20(16-14-18-10-5-3-6-11-18)23-21(22)17-15-19-12-7-4-8-13-19/h2-8,10-13,20H,1,9,14-17H2. The fraction of sp³-hybridized carbons (Fsp3) is 0.286. The lowest BCUT2D eigenvalue weighted by Crippen LogP contribution is -2.19. The second kappa shape index (κ2) is 9.62. The van der Waals surface area contributed by atoms with Crippen molar-refractivity contribution < 1.29 is 9.53 Å². The van der Waals surface area contributed by atoms with Crippen LogP contribution in [0.5, 0.6) is 0 Å². The van der Waals surface area contributed by atoms with Crippen molar-refractivity contribution in [1.29, 1.82) is 0 Å². The van der Waals surface area contributed by atoms with Crippen LogP contribution >= 0.6 is 0 Å². The lowest BCUT2D eigenvalue weighted by Gasteiger charge is -2.16. The van der Waals surface area contributed by atoms with Gasteiger partial charge in [0.2, 0.25) is 0 Å². The van der Waals surface area contributed by atoms with Crippen LogP contribution in [0.3, 0.4) is 0 Å². The molecule has 1 unspecified atom stereocenters. The summed E-state index contributed by atoms with van der Waals surface area (Å²) in [6, 6.07) is 20.3. The summed E-state index contributed by atoms with van der Waals surface area (Å²) < 4.78 is 5.62. The lowest BCUT2D eigenvalue weighted by molar-refractivity contribution is -0.149. The van der Waals surface area contributed by atoms with Gasteiger partial charge < -0.3 is 4.74 Å². The third-order valence-corrected chi connectivity index (χ3v) is 3.79. The highest BCUT2D eigenvalue weighted by Gasteiger charge is 2.13. The Morgan fingerprint density at radius 1 is 0.957 bits per heavy atom. The van der Waals surface area contributed by atoms with Crippen LogP contribution in [0.4, 0.5) is 0 Å². The highest BCUT2D eigenvalue weighted by Crippen LogP contribution is 2.13. The van der Waals surface area contributed by atoms with Crippen molar-refractivity contribution in [2.24, 2.45) is 0 Å². The molecule has 0 aliphatic rings. The Balaban J connectivity index is 1.78. The molecule has 0 aliphatic heterocycles. The molecular formula is C21H24O2. The number of esters is 1. The number of rotatable bonds is 9. The average molecular weight is 308 g/mol. The van der Waals surface area contributed by atoms with Gasteiger partial charge in [0.1, 0.15) is 6.10 Å². The summed E-state index contributed by atoms with van der Waals surface area (Å²) in [5, 5.41) is 0. The van der Waals surface area contributed by atoms with E-state index in [9.17, 15) is 4.79 Å². The predicted octanol–water partition coefficient (Wildman–Crippen LogP) is 4.74. The van der Waals surface area contributed by atoms with E-state index < -0.39 is 0 Å². The van der Waals surface area contributed by atoms with Gasteiger partial charge in [-0.15, -0.1) is 6.58 Å². The SMILES string of the molecule is C=CCC(CCc1ccccc1)OC(=O)CCc1ccccc1. The van der Waals surface area contributed by atoms with Gasteiger partial charge in [-0.1, -0.05) is 66.7 Å². The maximum atomic E-state index is 12.1. The van der Waals surface area contributed by atoms with E-state index >= 15 is 0 Å². The summed E-state index contributed by atoms with van der Waals surface area (Å²) in [4.78, 5) is 12.1. The van der Waals surface area contributed by atoms with E-state index in [-0.39, 0.29) is 12.1 Å². The van der Waals surface area contributed by atoms with Gasteiger partial charge in [-0.3, -0.25) is 4.79 Å². The van der Waals surface area contributed by atoms with Crippen molar-refractivity contribution >= 4 is 5.97 Å². The smallest absolute Gasteiger partial charge is 0.306 e. The fourth-order valence-corrected chi connectivity index (χ4v) is 2.52. The van der Waals surface area contributed by atoms with Crippen molar-refractivity contribution in [2.45, 2.75) is 38.2 Å². The maximum Gasteiger partial charge on any atom is 0.306 e. The molecule has 0 radical (unpaired) electrons. The van der Waals surface area contributed by atoms with Crippen LogP contribution in [0.2, 0.25) is 0 Å². The number of hydrogen-bond donors (Lipinski definition) is 0. The first-order valence-electron chi connectivity index (χ1n) is 8.16. The van der Waals surface area contributed by atoms with E-state index in [1.54, 1.807) is 0 Å². The summed E-state index contributed by atoms with van der Waals surface area (Å²) in [5.74, 6) is -0.131. The number of hydrogen-bond acceptors (Lipinski definition) is 2. The molecule has 2 nitrogen and oxygen atoms in total. The first kappa shape index (κ1) is 17.0. The lowest BCUT2D eigenvalue weighted by atomic mass is 10.0. The minimum absolute atomic E-state index is 0.0871. The van der Waals surface area contributed by atoms with Gasteiger partial charge in [-0.25, -0.2) is 0 Å². The molecule has 0 saturated heterocycles. The third kappa shape index (κ3) is 6.52. The van der Waals surface area contributed by atoms with E-state index in [4.69, 9.17) is 4.74 Å². The van der Waals surface area contributed by atoms with Crippen LogP contribution in [0.25, 0.3) is 0 Å². The molecule has 2 heteroatoms. The quantitative estimate of drug-likeness (QED) is 0.494. The molecule has 0 saturated carbocycles. The van der Waals surface area contributed by atoms with Gasteiger partial charge in [-0.05, 0) is 30.4 Å². The molecule has 0 bridgehead atoms. The average Bonchev–Trinajstić information content (AvgIpc) is 2.60. The molecule has 23 heavy (non-hydrogen) atoms. The summed E-state index contributed by atoms with van der Waals surface area (Å²) in [6.07, 6.45) is 5.31. The number of benzene rings is 2. The molecule has 120 valence electrons. The Hall–Kier alpha value is -2.35. The predicted molar refractivity (Wildman–Crippen MR) is 94.2 cm³/mol. The van der Waals surface area contributed by atoms with Crippen molar-refractivity contribution in [1.82, 2.24) is 0 Å². The first-order valence-corrected chi connectivity index (χ1v) is 8.16. The summed E-state index contributed by atoms with van der Waals surface area (Å²) in [6.45, 7) is 3.77. The van der Waals surface area contributed by atoms with E-state index in [2.05, 4.69) is 18.7 Å². The molecule has 0 spiro atoms. The van der Waals surface area contributed by atoms with Crippen LogP contribution in [0, 0.1) is 0 Å². The molecule has 1 atom stereocenters. The largest absolute Gasteiger partial charge is 0.462 e. The van der Waals surface area contributed by atoms with Gasteiger partial charge in [0.05, 0.1) is 0 Å². The Labute approximate surface area is 138 Å². The second-order valence-electron chi connectivity index (χ2n) is 5.65. The molecule has 2 rings (SSSR count). The highest BCUT2D eigenvalue weighted by molar-refractivity contribution is 5.70.